The molecule has 1 aromatic carbocycles. The summed E-state index contributed by atoms with van der Waals surface area (Å²) in [5.74, 6) is -0.824. The quantitative estimate of drug-likeness (QED) is 0.841. The Balaban J connectivity index is 2.03. The normalized spacial score (nSPS) is 21.4. The first kappa shape index (κ1) is 12.0. The number of aliphatic carboxylic acids is 1. The van der Waals surface area contributed by atoms with Gasteiger partial charge in [-0.1, -0.05) is 24.3 Å². The molecule has 92 valence electrons. The smallest absolute Gasteiger partial charge is 0.307 e. The van der Waals surface area contributed by atoms with E-state index < -0.39 is 12.1 Å². The molecule has 1 aliphatic rings. The van der Waals surface area contributed by atoms with Crippen molar-refractivity contribution in [2.75, 3.05) is 13.1 Å². The van der Waals surface area contributed by atoms with Crippen LogP contribution in [-0.2, 0) is 11.2 Å². The van der Waals surface area contributed by atoms with Crippen molar-refractivity contribution in [1.29, 1.82) is 0 Å². The van der Waals surface area contributed by atoms with Crippen molar-refractivity contribution in [2.24, 2.45) is 5.92 Å². The lowest BCUT2D eigenvalue weighted by Crippen LogP contribution is -2.13. The lowest BCUT2D eigenvalue weighted by atomic mass is 9.95. The van der Waals surface area contributed by atoms with Crippen LogP contribution in [0.3, 0.4) is 0 Å². The summed E-state index contributed by atoms with van der Waals surface area (Å²) in [6.45, 7) is 1.60. The summed E-state index contributed by atoms with van der Waals surface area (Å²) < 4.78 is 14.1. The minimum absolute atomic E-state index is 0.0117. The standard InChI is InChI=1S/C13H16FNO2/c14-13(11-5-6-15-8-11)10-3-1-9(2-4-10)7-12(16)17/h1-4,11,13,15H,5-8H2,(H,16,17). The molecule has 0 aromatic heterocycles. The molecule has 1 heterocycles. The average Bonchev–Trinajstić information content (AvgIpc) is 2.82. The third kappa shape index (κ3) is 3.03. The van der Waals surface area contributed by atoms with Crippen LogP contribution in [0.1, 0.15) is 23.7 Å². The summed E-state index contributed by atoms with van der Waals surface area (Å²) in [6.07, 6.45) is -0.107. The summed E-state index contributed by atoms with van der Waals surface area (Å²) in [5, 5.41) is 11.8. The highest BCUT2D eigenvalue weighted by molar-refractivity contribution is 5.70. The second-order valence-electron chi connectivity index (χ2n) is 4.47. The largest absolute Gasteiger partial charge is 0.481 e. The molecule has 1 aliphatic heterocycles. The van der Waals surface area contributed by atoms with Crippen molar-refractivity contribution in [1.82, 2.24) is 5.32 Å². The number of carboxylic acid groups (broad SMARTS) is 1. The number of nitrogens with one attached hydrogen (secondary N) is 1. The van der Waals surface area contributed by atoms with E-state index in [1.165, 1.54) is 0 Å². The van der Waals surface area contributed by atoms with Crippen LogP contribution < -0.4 is 5.32 Å². The Kier molecular flexibility index (Phi) is 3.74. The van der Waals surface area contributed by atoms with Gasteiger partial charge in [-0.25, -0.2) is 4.39 Å². The fourth-order valence-corrected chi connectivity index (χ4v) is 2.19. The van der Waals surface area contributed by atoms with Crippen LogP contribution in [0, 0.1) is 5.92 Å². The van der Waals surface area contributed by atoms with Gasteiger partial charge in [0.15, 0.2) is 0 Å². The van der Waals surface area contributed by atoms with E-state index in [1.54, 1.807) is 24.3 Å². The molecule has 2 unspecified atom stereocenters. The van der Waals surface area contributed by atoms with Gasteiger partial charge in [-0.2, -0.15) is 0 Å². The maximum Gasteiger partial charge on any atom is 0.307 e. The third-order valence-electron chi connectivity index (χ3n) is 3.17. The molecule has 0 radical (unpaired) electrons. The molecule has 3 nitrogen and oxygen atoms in total. The fraction of sp³-hybridized carbons (Fsp3) is 0.462. The van der Waals surface area contributed by atoms with Gasteiger partial charge in [0.25, 0.3) is 0 Å². The van der Waals surface area contributed by atoms with Crippen molar-refractivity contribution in [3.63, 3.8) is 0 Å². The average molecular weight is 237 g/mol. The summed E-state index contributed by atoms with van der Waals surface area (Å²) in [5.41, 5.74) is 1.35. The number of rotatable bonds is 4. The Morgan fingerprint density at radius 3 is 2.71 bits per heavy atom. The predicted molar refractivity (Wildman–Crippen MR) is 62.6 cm³/mol. The molecule has 0 bridgehead atoms. The van der Waals surface area contributed by atoms with Crippen LogP contribution in [0.4, 0.5) is 4.39 Å². The van der Waals surface area contributed by atoms with Crippen LogP contribution in [0.5, 0.6) is 0 Å². The molecule has 0 saturated carbocycles. The van der Waals surface area contributed by atoms with Gasteiger partial charge in [0, 0.05) is 12.5 Å². The number of carbonyl (C=O) groups is 1. The van der Waals surface area contributed by atoms with Crippen LogP contribution in [0.2, 0.25) is 0 Å². The van der Waals surface area contributed by atoms with Gasteiger partial charge >= 0.3 is 5.97 Å². The van der Waals surface area contributed by atoms with Gasteiger partial charge in [-0.15, -0.1) is 0 Å². The van der Waals surface area contributed by atoms with Crippen molar-refractivity contribution in [3.8, 4) is 0 Å². The molecule has 1 aromatic rings. The number of hydrogen-bond donors (Lipinski definition) is 2. The van der Waals surface area contributed by atoms with Gasteiger partial charge in [0.05, 0.1) is 6.42 Å². The molecule has 2 atom stereocenters. The van der Waals surface area contributed by atoms with E-state index in [0.717, 1.165) is 19.5 Å². The Bertz CT molecular complexity index is 385. The zero-order valence-corrected chi connectivity index (χ0v) is 9.53. The predicted octanol–water partition coefficient (Wildman–Crippen LogP) is 1.93. The van der Waals surface area contributed by atoms with Crippen LogP contribution in [-0.4, -0.2) is 24.2 Å². The van der Waals surface area contributed by atoms with Gasteiger partial charge in [-0.3, -0.25) is 4.79 Å². The Morgan fingerprint density at radius 2 is 2.18 bits per heavy atom. The Morgan fingerprint density at radius 1 is 1.47 bits per heavy atom. The van der Waals surface area contributed by atoms with Gasteiger partial charge in [0.2, 0.25) is 0 Å². The van der Waals surface area contributed by atoms with E-state index >= 15 is 0 Å². The second-order valence-corrected chi connectivity index (χ2v) is 4.47. The SMILES string of the molecule is O=C(O)Cc1ccc(C(F)C2CCNC2)cc1. The first-order valence-electron chi connectivity index (χ1n) is 5.82. The van der Waals surface area contributed by atoms with Crippen molar-refractivity contribution >= 4 is 5.97 Å². The molecular weight excluding hydrogens is 221 g/mol. The third-order valence-corrected chi connectivity index (χ3v) is 3.17. The lowest BCUT2D eigenvalue weighted by Gasteiger charge is -2.15. The van der Waals surface area contributed by atoms with E-state index in [0.29, 0.717) is 11.1 Å². The maximum absolute atomic E-state index is 14.1. The molecule has 2 N–H and O–H groups in total. The molecule has 4 heteroatoms. The summed E-state index contributed by atoms with van der Waals surface area (Å²) in [4.78, 5) is 10.5. The van der Waals surface area contributed by atoms with Crippen LogP contribution in [0.15, 0.2) is 24.3 Å². The number of hydrogen-bond acceptors (Lipinski definition) is 2. The molecule has 17 heavy (non-hydrogen) atoms. The molecule has 0 amide bonds. The number of alkyl halides is 1. The van der Waals surface area contributed by atoms with E-state index in [1.807, 2.05) is 0 Å². The van der Waals surface area contributed by atoms with Crippen molar-refractivity contribution in [3.05, 3.63) is 35.4 Å². The summed E-state index contributed by atoms with van der Waals surface area (Å²) in [6, 6.07) is 6.78. The highest BCUT2D eigenvalue weighted by atomic mass is 19.1. The van der Waals surface area contributed by atoms with Gasteiger partial charge in [0.1, 0.15) is 6.17 Å². The Hall–Kier alpha value is -1.42. The molecule has 0 aliphatic carbocycles. The van der Waals surface area contributed by atoms with Gasteiger partial charge < -0.3 is 10.4 Å². The minimum Gasteiger partial charge on any atom is -0.481 e. The van der Waals surface area contributed by atoms with E-state index in [2.05, 4.69) is 5.32 Å². The number of halogens is 1. The van der Waals surface area contributed by atoms with Crippen LogP contribution in [0.25, 0.3) is 0 Å². The molecule has 2 rings (SSSR count). The molecule has 0 spiro atoms. The van der Waals surface area contributed by atoms with E-state index in [-0.39, 0.29) is 12.3 Å². The fourth-order valence-electron chi connectivity index (χ4n) is 2.19. The number of carboxylic acids is 1. The first-order chi connectivity index (χ1) is 8.16. The van der Waals surface area contributed by atoms with Gasteiger partial charge in [-0.05, 0) is 24.1 Å². The highest BCUT2D eigenvalue weighted by Gasteiger charge is 2.25. The van der Waals surface area contributed by atoms with Crippen molar-refractivity contribution < 1.29 is 14.3 Å². The first-order valence-corrected chi connectivity index (χ1v) is 5.82. The zero-order valence-electron chi connectivity index (χ0n) is 9.53. The maximum atomic E-state index is 14.1. The zero-order chi connectivity index (χ0) is 12.3. The van der Waals surface area contributed by atoms with E-state index in [9.17, 15) is 9.18 Å². The molecule has 1 fully saturated rings. The van der Waals surface area contributed by atoms with E-state index in [4.69, 9.17) is 5.11 Å². The van der Waals surface area contributed by atoms with Crippen molar-refractivity contribution in [2.45, 2.75) is 19.0 Å². The lowest BCUT2D eigenvalue weighted by molar-refractivity contribution is -0.136. The molecular formula is C13H16FNO2. The topological polar surface area (TPSA) is 49.3 Å². The number of benzene rings is 1. The minimum atomic E-state index is -0.955. The Labute approximate surface area is 99.7 Å². The molecule has 1 saturated heterocycles. The summed E-state index contributed by atoms with van der Waals surface area (Å²) >= 11 is 0. The highest BCUT2D eigenvalue weighted by Crippen LogP contribution is 2.30. The summed E-state index contributed by atoms with van der Waals surface area (Å²) in [7, 11) is 0. The van der Waals surface area contributed by atoms with Crippen LogP contribution >= 0.6 is 0 Å². The second kappa shape index (κ2) is 5.27. The monoisotopic (exact) mass is 237 g/mol.